The van der Waals surface area contributed by atoms with Gasteiger partial charge in [-0.2, -0.15) is 0 Å². The maximum absolute atomic E-state index is 12.0. The van der Waals surface area contributed by atoms with E-state index in [-0.39, 0.29) is 10.9 Å². The molecule has 0 bridgehead atoms. The van der Waals surface area contributed by atoms with Gasteiger partial charge in [-0.05, 0) is 37.4 Å². The Morgan fingerprint density at radius 2 is 1.86 bits per heavy atom. The standard InChI is InChI=1S/C13H21ClN4O2S/c1-3-18(4-2)10-9-16-13(15)17-21(19,20)12-7-5-11(14)6-8-12/h5-8H,3-4,9-10H2,1-2H3,(H3,15,16,17). The molecule has 0 amide bonds. The average molecular weight is 333 g/mol. The van der Waals surface area contributed by atoms with Gasteiger partial charge in [0, 0.05) is 11.6 Å². The molecule has 0 unspecified atom stereocenters. The van der Waals surface area contributed by atoms with Gasteiger partial charge in [0.05, 0.1) is 11.4 Å². The number of hydrogen-bond acceptors (Lipinski definition) is 4. The summed E-state index contributed by atoms with van der Waals surface area (Å²) in [7, 11) is -3.72. The molecule has 0 spiro atoms. The lowest BCUT2D eigenvalue weighted by Crippen LogP contribution is -2.37. The lowest BCUT2D eigenvalue weighted by Gasteiger charge is -2.16. The second-order valence-electron chi connectivity index (χ2n) is 4.35. The Morgan fingerprint density at radius 3 is 2.38 bits per heavy atom. The third kappa shape index (κ3) is 5.91. The van der Waals surface area contributed by atoms with Crippen LogP contribution in [0, 0.1) is 0 Å². The van der Waals surface area contributed by atoms with Gasteiger partial charge >= 0.3 is 0 Å². The number of nitrogens with zero attached hydrogens (tertiary/aromatic N) is 2. The van der Waals surface area contributed by atoms with Crippen molar-refractivity contribution in [2.24, 2.45) is 10.7 Å². The van der Waals surface area contributed by atoms with Gasteiger partial charge in [0.1, 0.15) is 0 Å². The minimum atomic E-state index is -3.72. The van der Waals surface area contributed by atoms with E-state index in [1.807, 2.05) is 0 Å². The summed E-state index contributed by atoms with van der Waals surface area (Å²) in [6, 6.07) is 5.83. The van der Waals surface area contributed by atoms with Crippen LogP contribution < -0.4 is 10.5 Å². The van der Waals surface area contributed by atoms with Crippen molar-refractivity contribution >= 4 is 27.6 Å². The summed E-state index contributed by atoms with van der Waals surface area (Å²) in [6.07, 6.45) is 0. The maximum Gasteiger partial charge on any atom is 0.264 e. The van der Waals surface area contributed by atoms with Gasteiger partial charge < -0.3 is 10.6 Å². The van der Waals surface area contributed by atoms with E-state index in [0.717, 1.165) is 19.6 Å². The molecule has 0 radical (unpaired) electrons. The topological polar surface area (TPSA) is 87.8 Å². The van der Waals surface area contributed by atoms with Crippen LogP contribution in [-0.4, -0.2) is 45.5 Å². The molecular weight excluding hydrogens is 312 g/mol. The molecule has 1 aromatic carbocycles. The van der Waals surface area contributed by atoms with Crippen molar-refractivity contribution < 1.29 is 8.42 Å². The highest BCUT2D eigenvalue weighted by atomic mass is 35.5. The number of likely N-dealkylation sites (N-methyl/N-ethyl adjacent to an activating group) is 1. The van der Waals surface area contributed by atoms with Crippen molar-refractivity contribution in [2.75, 3.05) is 26.2 Å². The van der Waals surface area contributed by atoms with Gasteiger partial charge in [0.25, 0.3) is 10.0 Å². The fourth-order valence-electron chi connectivity index (χ4n) is 1.69. The highest BCUT2D eigenvalue weighted by molar-refractivity contribution is 7.90. The van der Waals surface area contributed by atoms with Crippen molar-refractivity contribution in [1.29, 1.82) is 0 Å². The van der Waals surface area contributed by atoms with Gasteiger partial charge in [-0.15, -0.1) is 0 Å². The summed E-state index contributed by atoms with van der Waals surface area (Å²) in [5, 5.41) is 0.467. The molecular formula is C13H21ClN4O2S. The van der Waals surface area contributed by atoms with Crippen LogP contribution in [-0.2, 0) is 10.0 Å². The van der Waals surface area contributed by atoms with Gasteiger partial charge in [-0.25, -0.2) is 13.1 Å². The summed E-state index contributed by atoms with van der Waals surface area (Å²) >= 11 is 5.72. The Labute approximate surface area is 131 Å². The largest absolute Gasteiger partial charge is 0.369 e. The molecule has 0 aliphatic rings. The van der Waals surface area contributed by atoms with Crippen LogP contribution in [0.15, 0.2) is 34.2 Å². The first-order valence-corrected chi connectivity index (χ1v) is 8.55. The third-order valence-corrected chi connectivity index (χ3v) is 4.58. The zero-order chi connectivity index (χ0) is 15.9. The van der Waals surface area contributed by atoms with E-state index in [4.69, 9.17) is 17.3 Å². The van der Waals surface area contributed by atoms with Gasteiger partial charge in [0.15, 0.2) is 0 Å². The molecule has 0 aliphatic heterocycles. The molecule has 1 rings (SSSR count). The van der Waals surface area contributed by atoms with E-state index in [1.165, 1.54) is 24.3 Å². The molecule has 1 aromatic rings. The number of nitrogens with two attached hydrogens (primary N) is 1. The SMILES string of the molecule is CCN(CC)CCN=C(N)NS(=O)(=O)c1ccc(Cl)cc1. The van der Waals surface area contributed by atoms with Crippen LogP contribution in [0.1, 0.15) is 13.8 Å². The number of guanidine groups is 1. The Kier molecular flexibility index (Phi) is 6.94. The predicted molar refractivity (Wildman–Crippen MR) is 86.1 cm³/mol. The van der Waals surface area contributed by atoms with Crippen molar-refractivity contribution in [3.63, 3.8) is 0 Å². The zero-order valence-corrected chi connectivity index (χ0v) is 13.8. The molecule has 0 saturated carbocycles. The second-order valence-corrected chi connectivity index (χ2v) is 6.47. The number of rotatable bonds is 7. The molecule has 0 atom stereocenters. The van der Waals surface area contributed by atoms with Crippen LogP contribution in [0.5, 0.6) is 0 Å². The first-order valence-electron chi connectivity index (χ1n) is 6.69. The lowest BCUT2D eigenvalue weighted by atomic mass is 10.4. The Bertz CT molecular complexity index is 568. The summed E-state index contributed by atoms with van der Waals surface area (Å²) < 4.78 is 26.3. The molecule has 21 heavy (non-hydrogen) atoms. The number of benzene rings is 1. The first kappa shape index (κ1) is 17.7. The van der Waals surface area contributed by atoms with Crippen LogP contribution >= 0.6 is 11.6 Å². The summed E-state index contributed by atoms with van der Waals surface area (Å²) in [5.74, 6) is -0.114. The number of halogens is 1. The number of nitrogens with one attached hydrogen (secondary N) is 1. The van der Waals surface area contributed by atoms with Crippen LogP contribution in [0.2, 0.25) is 5.02 Å². The molecule has 0 saturated heterocycles. The Morgan fingerprint density at radius 1 is 1.29 bits per heavy atom. The first-order chi connectivity index (χ1) is 9.89. The monoisotopic (exact) mass is 332 g/mol. The third-order valence-electron chi connectivity index (χ3n) is 2.96. The van der Waals surface area contributed by atoms with Crippen LogP contribution in [0.25, 0.3) is 0 Å². The van der Waals surface area contributed by atoms with E-state index >= 15 is 0 Å². The van der Waals surface area contributed by atoms with Crippen LogP contribution in [0.4, 0.5) is 0 Å². The Hall–Kier alpha value is -1.31. The summed E-state index contributed by atoms with van der Waals surface area (Å²) in [5.41, 5.74) is 5.61. The number of aliphatic imine (C=N–C) groups is 1. The molecule has 0 aromatic heterocycles. The minimum Gasteiger partial charge on any atom is -0.369 e. The van der Waals surface area contributed by atoms with Crippen molar-refractivity contribution in [3.8, 4) is 0 Å². The minimum absolute atomic E-state index is 0.0915. The molecule has 0 heterocycles. The predicted octanol–water partition coefficient (Wildman–Crippen LogP) is 1.27. The molecule has 118 valence electrons. The van der Waals surface area contributed by atoms with E-state index in [0.29, 0.717) is 11.6 Å². The summed E-state index contributed by atoms with van der Waals surface area (Å²) in [4.78, 5) is 6.29. The molecule has 3 N–H and O–H groups in total. The highest BCUT2D eigenvalue weighted by Gasteiger charge is 2.14. The number of sulfonamides is 1. The fourth-order valence-corrected chi connectivity index (χ4v) is 2.77. The van der Waals surface area contributed by atoms with E-state index in [9.17, 15) is 8.42 Å². The van der Waals surface area contributed by atoms with Crippen molar-refractivity contribution in [2.45, 2.75) is 18.7 Å². The molecule has 6 nitrogen and oxygen atoms in total. The average Bonchev–Trinajstić information content (AvgIpc) is 2.43. The fraction of sp³-hybridized carbons (Fsp3) is 0.462. The normalized spacial score (nSPS) is 12.7. The molecule has 0 aliphatic carbocycles. The Balaban J connectivity index is 2.64. The molecule has 8 heteroatoms. The van der Waals surface area contributed by atoms with Gasteiger partial charge in [-0.3, -0.25) is 4.99 Å². The van der Waals surface area contributed by atoms with Crippen molar-refractivity contribution in [1.82, 2.24) is 9.62 Å². The molecule has 0 fully saturated rings. The lowest BCUT2D eigenvalue weighted by molar-refractivity contribution is 0.313. The summed E-state index contributed by atoms with van der Waals surface area (Å²) in [6.45, 7) is 7.12. The van der Waals surface area contributed by atoms with Gasteiger partial charge in [0.2, 0.25) is 5.96 Å². The van der Waals surface area contributed by atoms with Gasteiger partial charge in [-0.1, -0.05) is 25.4 Å². The van der Waals surface area contributed by atoms with Crippen molar-refractivity contribution in [3.05, 3.63) is 29.3 Å². The van der Waals surface area contributed by atoms with E-state index in [2.05, 4.69) is 28.5 Å². The van der Waals surface area contributed by atoms with Crippen LogP contribution in [0.3, 0.4) is 0 Å². The smallest absolute Gasteiger partial charge is 0.264 e. The van der Waals surface area contributed by atoms with E-state index < -0.39 is 10.0 Å². The maximum atomic E-state index is 12.0. The highest BCUT2D eigenvalue weighted by Crippen LogP contribution is 2.13. The second kappa shape index (κ2) is 8.21. The van der Waals surface area contributed by atoms with E-state index in [1.54, 1.807) is 0 Å². The number of hydrogen-bond donors (Lipinski definition) is 2. The quantitative estimate of drug-likeness (QED) is 0.581. The zero-order valence-electron chi connectivity index (χ0n) is 12.2.